The van der Waals surface area contributed by atoms with Gasteiger partial charge in [-0.25, -0.2) is 4.79 Å². The summed E-state index contributed by atoms with van der Waals surface area (Å²) < 4.78 is 10.3. The maximum Gasteiger partial charge on any atom is 0.331 e. The first-order chi connectivity index (χ1) is 12.6. The van der Waals surface area contributed by atoms with Crippen LogP contribution in [-0.2, 0) is 22.4 Å². The molecule has 4 nitrogen and oxygen atoms in total. The van der Waals surface area contributed by atoms with E-state index in [9.17, 15) is 9.59 Å². The third kappa shape index (κ3) is 4.20. The molecule has 0 saturated carbocycles. The minimum atomic E-state index is -0.817. The second kappa shape index (κ2) is 8.00. The molecule has 2 aromatic carbocycles. The second-order valence-electron chi connectivity index (χ2n) is 6.39. The molecule has 0 N–H and O–H groups in total. The molecule has 1 aliphatic rings. The van der Waals surface area contributed by atoms with E-state index in [1.807, 2.05) is 42.5 Å². The molecule has 0 spiro atoms. The van der Waals surface area contributed by atoms with Gasteiger partial charge in [0.2, 0.25) is 5.78 Å². The van der Waals surface area contributed by atoms with E-state index in [-0.39, 0.29) is 5.78 Å². The first-order valence-corrected chi connectivity index (χ1v) is 8.75. The van der Waals surface area contributed by atoms with Gasteiger partial charge in [-0.2, -0.15) is 0 Å². The average molecular weight is 350 g/mol. The highest BCUT2D eigenvalue weighted by molar-refractivity contribution is 6.01. The highest BCUT2D eigenvalue weighted by atomic mass is 16.5. The Labute approximate surface area is 153 Å². The van der Waals surface area contributed by atoms with Crippen molar-refractivity contribution in [2.24, 2.45) is 0 Å². The van der Waals surface area contributed by atoms with Gasteiger partial charge in [-0.3, -0.25) is 4.79 Å². The summed E-state index contributed by atoms with van der Waals surface area (Å²) in [5.74, 6) is 0.0343. The van der Waals surface area contributed by atoms with E-state index in [1.165, 1.54) is 17.2 Å². The van der Waals surface area contributed by atoms with Gasteiger partial charge in [0.15, 0.2) is 6.10 Å². The molecule has 0 aromatic heterocycles. The maximum atomic E-state index is 12.5. The van der Waals surface area contributed by atoms with E-state index < -0.39 is 12.1 Å². The third-order valence-corrected chi connectivity index (χ3v) is 4.57. The van der Waals surface area contributed by atoms with Crippen LogP contribution in [0.5, 0.6) is 5.75 Å². The monoisotopic (exact) mass is 350 g/mol. The third-order valence-electron chi connectivity index (χ3n) is 4.57. The van der Waals surface area contributed by atoms with Crippen LogP contribution in [0.25, 0.3) is 6.08 Å². The Morgan fingerprint density at radius 2 is 1.77 bits per heavy atom. The number of carbonyl (C=O) groups excluding carboxylic acids is 2. The van der Waals surface area contributed by atoms with Gasteiger partial charge in [-0.1, -0.05) is 24.3 Å². The lowest BCUT2D eigenvalue weighted by molar-refractivity contribution is -0.140. The van der Waals surface area contributed by atoms with E-state index >= 15 is 0 Å². The number of methoxy groups -OCH3 is 1. The number of carbonyl (C=O) groups is 2. The fraction of sp³-hybridized carbons (Fsp3) is 0.273. The van der Waals surface area contributed by atoms with Crippen LogP contribution in [0.4, 0.5) is 0 Å². The number of ether oxygens (including phenoxy) is 2. The van der Waals surface area contributed by atoms with E-state index in [0.29, 0.717) is 5.56 Å². The molecule has 0 amide bonds. The maximum absolute atomic E-state index is 12.5. The van der Waals surface area contributed by atoms with Crippen LogP contribution in [0, 0.1) is 0 Å². The van der Waals surface area contributed by atoms with Gasteiger partial charge >= 0.3 is 5.97 Å². The Morgan fingerprint density at radius 3 is 2.50 bits per heavy atom. The lowest BCUT2D eigenvalue weighted by Crippen LogP contribution is -2.23. The molecule has 26 heavy (non-hydrogen) atoms. The largest absolute Gasteiger partial charge is 0.497 e. The predicted octanol–water partition coefficient (Wildman–Crippen LogP) is 4.01. The van der Waals surface area contributed by atoms with Gasteiger partial charge < -0.3 is 9.47 Å². The van der Waals surface area contributed by atoms with Crippen molar-refractivity contribution in [3.8, 4) is 5.75 Å². The second-order valence-corrected chi connectivity index (χ2v) is 6.39. The number of Topliss-reactive ketones (excluding diaryl/α,β-unsaturated/α-hetero) is 1. The minimum absolute atomic E-state index is 0.175. The molecule has 0 bridgehead atoms. The predicted molar refractivity (Wildman–Crippen MR) is 100 cm³/mol. The van der Waals surface area contributed by atoms with Gasteiger partial charge in [-0.15, -0.1) is 0 Å². The number of benzene rings is 2. The Bertz CT molecular complexity index is 834. The van der Waals surface area contributed by atoms with Crippen LogP contribution in [0.3, 0.4) is 0 Å². The van der Waals surface area contributed by atoms with Gasteiger partial charge in [0, 0.05) is 11.6 Å². The molecular formula is C22H22O4. The Hall–Kier alpha value is -2.88. The van der Waals surface area contributed by atoms with Crippen molar-refractivity contribution < 1.29 is 19.1 Å². The number of rotatable bonds is 6. The average Bonchev–Trinajstić information content (AvgIpc) is 3.13. The summed E-state index contributed by atoms with van der Waals surface area (Å²) in [7, 11) is 1.60. The van der Waals surface area contributed by atoms with Crippen LogP contribution < -0.4 is 4.74 Å². The van der Waals surface area contributed by atoms with Gasteiger partial charge in [0.05, 0.1) is 7.11 Å². The van der Waals surface area contributed by atoms with Crippen molar-refractivity contribution in [3.05, 3.63) is 70.8 Å². The van der Waals surface area contributed by atoms with Crippen LogP contribution in [0.15, 0.2) is 48.5 Å². The minimum Gasteiger partial charge on any atom is -0.497 e. The molecule has 0 radical (unpaired) electrons. The normalized spacial score (nSPS) is 14.1. The summed E-state index contributed by atoms with van der Waals surface area (Å²) in [4.78, 5) is 24.5. The summed E-state index contributed by atoms with van der Waals surface area (Å²) >= 11 is 0. The zero-order valence-electron chi connectivity index (χ0n) is 15.0. The van der Waals surface area contributed by atoms with Crippen LogP contribution >= 0.6 is 0 Å². The topological polar surface area (TPSA) is 52.6 Å². The van der Waals surface area contributed by atoms with Gasteiger partial charge in [0.25, 0.3) is 0 Å². The van der Waals surface area contributed by atoms with Crippen LogP contribution in [-0.4, -0.2) is 25.0 Å². The van der Waals surface area contributed by atoms with Crippen molar-refractivity contribution >= 4 is 17.8 Å². The molecule has 3 rings (SSSR count). The number of hydrogen-bond donors (Lipinski definition) is 0. The smallest absolute Gasteiger partial charge is 0.331 e. The van der Waals surface area contributed by atoms with E-state index in [4.69, 9.17) is 9.47 Å². The summed E-state index contributed by atoms with van der Waals surface area (Å²) in [5, 5.41) is 0. The van der Waals surface area contributed by atoms with Crippen molar-refractivity contribution in [2.75, 3.05) is 7.11 Å². The van der Waals surface area contributed by atoms with Crippen molar-refractivity contribution in [2.45, 2.75) is 32.3 Å². The molecule has 0 heterocycles. The number of ketones is 1. The van der Waals surface area contributed by atoms with E-state index in [0.717, 1.165) is 30.6 Å². The quantitative estimate of drug-likeness (QED) is 0.449. The molecule has 0 saturated heterocycles. The molecule has 1 unspecified atom stereocenters. The first-order valence-electron chi connectivity index (χ1n) is 8.75. The zero-order chi connectivity index (χ0) is 18.5. The Balaban J connectivity index is 1.59. The summed E-state index contributed by atoms with van der Waals surface area (Å²) in [6.07, 6.45) is 5.37. The fourth-order valence-electron chi connectivity index (χ4n) is 3.11. The van der Waals surface area contributed by atoms with Crippen molar-refractivity contribution in [1.82, 2.24) is 0 Å². The molecule has 134 valence electrons. The molecule has 4 heteroatoms. The molecule has 0 fully saturated rings. The molecule has 2 aromatic rings. The Morgan fingerprint density at radius 1 is 1.04 bits per heavy atom. The summed E-state index contributed by atoms with van der Waals surface area (Å²) in [6.45, 7) is 1.61. The molecular weight excluding hydrogens is 328 g/mol. The molecule has 0 aliphatic heterocycles. The van der Waals surface area contributed by atoms with Gasteiger partial charge in [-0.05, 0) is 67.2 Å². The van der Waals surface area contributed by atoms with Crippen LogP contribution in [0.1, 0.15) is 40.4 Å². The van der Waals surface area contributed by atoms with Gasteiger partial charge in [0.1, 0.15) is 5.75 Å². The zero-order valence-corrected chi connectivity index (χ0v) is 15.0. The summed E-state index contributed by atoms with van der Waals surface area (Å²) in [5.41, 5.74) is 3.99. The first kappa shape index (κ1) is 17.9. The highest BCUT2D eigenvalue weighted by Gasteiger charge is 2.20. The lowest BCUT2D eigenvalue weighted by Gasteiger charge is -2.12. The fourth-order valence-corrected chi connectivity index (χ4v) is 3.11. The van der Waals surface area contributed by atoms with E-state index in [1.54, 1.807) is 20.1 Å². The standard InChI is InChI=1S/C22H22O4/c1-15(22(24)19-10-9-17-4-3-5-18(17)14-19)26-21(23)13-8-16-6-11-20(25-2)12-7-16/h6-15H,3-5H2,1-2H3/b13-8+. The number of esters is 1. The molecule has 1 atom stereocenters. The SMILES string of the molecule is COc1ccc(/C=C/C(=O)OC(C)C(=O)c2ccc3c(c2)CCC3)cc1. The number of aryl methyl sites for hydroxylation is 2. The lowest BCUT2D eigenvalue weighted by atomic mass is 10.0. The summed E-state index contributed by atoms with van der Waals surface area (Å²) in [6, 6.07) is 13.1. The number of hydrogen-bond acceptors (Lipinski definition) is 4. The Kier molecular flexibility index (Phi) is 5.52. The van der Waals surface area contributed by atoms with E-state index in [2.05, 4.69) is 0 Å². The molecule has 1 aliphatic carbocycles. The van der Waals surface area contributed by atoms with Crippen molar-refractivity contribution in [3.63, 3.8) is 0 Å². The van der Waals surface area contributed by atoms with Crippen LogP contribution in [0.2, 0.25) is 0 Å². The van der Waals surface area contributed by atoms with Crippen molar-refractivity contribution in [1.29, 1.82) is 0 Å². The highest BCUT2D eigenvalue weighted by Crippen LogP contribution is 2.23. The number of fused-ring (bicyclic) bond motifs is 1.